The van der Waals surface area contributed by atoms with Crippen LogP contribution in [0.3, 0.4) is 0 Å². The number of hydrogen-bond donors (Lipinski definition) is 1. The lowest BCUT2D eigenvalue weighted by Crippen LogP contribution is -2.09. The third-order valence-electron chi connectivity index (χ3n) is 2.88. The summed E-state index contributed by atoms with van der Waals surface area (Å²) in [6.07, 6.45) is -5.17. The zero-order valence-electron chi connectivity index (χ0n) is 10.5. The number of benzene rings is 1. The van der Waals surface area contributed by atoms with Gasteiger partial charge in [-0.1, -0.05) is 17.7 Å². The van der Waals surface area contributed by atoms with Gasteiger partial charge in [-0.05, 0) is 29.8 Å². The SMILES string of the molecule is OC(Cc1ccc(Cl)cc1F)c1ccc(C(F)(F)F)cn1. The van der Waals surface area contributed by atoms with Crippen LogP contribution in [0.1, 0.15) is 22.9 Å². The van der Waals surface area contributed by atoms with E-state index in [9.17, 15) is 22.7 Å². The highest BCUT2D eigenvalue weighted by Gasteiger charge is 2.30. The lowest BCUT2D eigenvalue weighted by molar-refractivity contribution is -0.137. The van der Waals surface area contributed by atoms with Crippen molar-refractivity contribution in [2.45, 2.75) is 18.7 Å². The molecule has 2 aromatic rings. The molecule has 0 aliphatic heterocycles. The topological polar surface area (TPSA) is 33.1 Å². The Hall–Kier alpha value is -1.66. The van der Waals surface area contributed by atoms with Crippen molar-refractivity contribution in [3.63, 3.8) is 0 Å². The Morgan fingerprint density at radius 3 is 2.43 bits per heavy atom. The summed E-state index contributed by atoms with van der Waals surface area (Å²) in [6.45, 7) is 0. The molecule has 1 heterocycles. The largest absolute Gasteiger partial charge is 0.417 e. The summed E-state index contributed by atoms with van der Waals surface area (Å²) in [6, 6.07) is 5.87. The van der Waals surface area contributed by atoms with E-state index < -0.39 is 23.7 Å². The summed E-state index contributed by atoms with van der Waals surface area (Å²) < 4.78 is 50.8. The van der Waals surface area contributed by atoms with Crippen LogP contribution in [0.4, 0.5) is 17.6 Å². The molecule has 1 N–H and O–H groups in total. The number of aromatic nitrogens is 1. The van der Waals surface area contributed by atoms with Gasteiger partial charge in [-0.3, -0.25) is 4.98 Å². The van der Waals surface area contributed by atoms with Gasteiger partial charge in [-0.15, -0.1) is 0 Å². The van der Waals surface area contributed by atoms with Crippen LogP contribution >= 0.6 is 11.6 Å². The van der Waals surface area contributed by atoms with Crippen molar-refractivity contribution in [2.24, 2.45) is 0 Å². The van der Waals surface area contributed by atoms with Crippen LogP contribution in [-0.4, -0.2) is 10.1 Å². The van der Waals surface area contributed by atoms with Crippen molar-refractivity contribution >= 4 is 11.6 Å². The number of nitrogens with zero attached hydrogens (tertiary/aromatic N) is 1. The second kappa shape index (κ2) is 5.99. The molecular weight excluding hydrogens is 310 g/mol. The fourth-order valence-electron chi connectivity index (χ4n) is 1.77. The number of pyridine rings is 1. The molecule has 1 unspecified atom stereocenters. The molecule has 2 rings (SSSR count). The average Bonchev–Trinajstić information content (AvgIpc) is 2.41. The van der Waals surface area contributed by atoms with E-state index in [4.69, 9.17) is 11.6 Å². The maximum Gasteiger partial charge on any atom is 0.417 e. The van der Waals surface area contributed by atoms with E-state index in [2.05, 4.69) is 4.98 Å². The molecule has 0 bridgehead atoms. The summed E-state index contributed by atoms with van der Waals surface area (Å²) in [5.74, 6) is -0.589. The molecule has 112 valence electrons. The minimum atomic E-state index is -4.49. The van der Waals surface area contributed by atoms with Crippen LogP contribution < -0.4 is 0 Å². The first kappa shape index (κ1) is 15.7. The third-order valence-corrected chi connectivity index (χ3v) is 3.12. The molecule has 1 atom stereocenters. The van der Waals surface area contributed by atoms with Gasteiger partial charge >= 0.3 is 6.18 Å². The van der Waals surface area contributed by atoms with Gasteiger partial charge in [0.15, 0.2) is 0 Å². The molecule has 0 saturated heterocycles. The highest BCUT2D eigenvalue weighted by atomic mass is 35.5. The summed E-state index contributed by atoms with van der Waals surface area (Å²) in [7, 11) is 0. The molecule has 0 radical (unpaired) electrons. The lowest BCUT2D eigenvalue weighted by Gasteiger charge is -2.12. The zero-order valence-corrected chi connectivity index (χ0v) is 11.3. The smallest absolute Gasteiger partial charge is 0.386 e. The molecule has 0 aliphatic carbocycles. The molecule has 2 nitrogen and oxygen atoms in total. The summed E-state index contributed by atoms with van der Waals surface area (Å²) in [5.41, 5.74) is -0.665. The lowest BCUT2D eigenvalue weighted by atomic mass is 10.0. The van der Waals surface area contributed by atoms with Crippen LogP contribution in [0.25, 0.3) is 0 Å². The van der Waals surface area contributed by atoms with E-state index in [0.717, 1.165) is 18.2 Å². The molecule has 0 amide bonds. The van der Waals surface area contributed by atoms with Crippen molar-refractivity contribution in [3.05, 3.63) is 64.2 Å². The fourth-order valence-corrected chi connectivity index (χ4v) is 1.93. The number of aliphatic hydroxyl groups excluding tert-OH is 1. The van der Waals surface area contributed by atoms with E-state index in [1.807, 2.05) is 0 Å². The highest BCUT2D eigenvalue weighted by molar-refractivity contribution is 6.30. The molecule has 0 spiro atoms. The normalized spacial score (nSPS) is 13.2. The van der Waals surface area contributed by atoms with Gasteiger partial charge in [0.25, 0.3) is 0 Å². The van der Waals surface area contributed by atoms with Gasteiger partial charge < -0.3 is 5.11 Å². The maximum atomic E-state index is 13.6. The van der Waals surface area contributed by atoms with E-state index in [1.165, 1.54) is 12.1 Å². The summed E-state index contributed by atoms with van der Waals surface area (Å²) >= 11 is 5.61. The van der Waals surface area contributed by atoms with Crippen LogP contribution in [0, 0.1) is 5.82 Å². The first-order chi connectivity index (χ1) is 9.77. The standard InChI is InChI=1S/C14H10ClF4NO/c15-10-3-1-8(11(16)6-10)5-13(21)12-4-2-9(7-20-12)14(17,18)19/h1-4,6-7,13,21H,5H2. The first-order valence-electron chi connectivity index (χ1n) is 5.92. The summed E-state index contributed by atoms with van der Waals surface area (Å²) in [4.78, 5) is 3.57. The van der Waals surface area contributed by atoms with Crippen molar-refractivity contribution in [1.82, 2.24) is 4.98 Å². The van der Waals surface area contributed by atoms with Gasteiger partial charge in [-0.2, -0.15) is 13.2 Å². The van der Waals surface area contributed by atoms with Gasteiger partial charge in [0.05, 0.1) is 11.3 Å². The van der Waals surface area contributed by atoms with E-state index in [0.29, 0.717) is 6.20 Å². The molecule has 0 fully saturated rings. The second-order valence-corrected chi connectivity index (χ2v) is 4.86. The molecule has 1 aromatic heterocycles. The molecule has 0 aliphatic rings. The van der Waals surface area contributed by atoms with Crippen LogP contribution in [-0.2, 0) is 12.6 Å². The Morgan fingerprint density at radius 1 is 1.19 bits per heavy atom. The van der Waals surface area contributed by atoms with Crippen LogP contribution in [0.15, 0.2) is 36.5 Å². The second-order valence-electron chi connectivity index (χ2n) is 4.43. The molecule has 21 heavy (non-hydrogen) atoms. The Kier molecular flexibility index (Phi) is 4.49. The average molecular weight is 320 g/mol. The van der Waals surface area contributed by atoms with Crippen molar-refractivity contribution < 1.29 is 22.7 Å². The molecule has 7 heteroatoms. The Balaban J connectivity index is 2.15. The minimum absolute atomic E-state index is 0.0392. The van der Waals surface area contributed by atoms with E-state index in [-0.39, 0.29) is 22.7 Å². The van der Waals surface area contributed by atoms with Crippen LogP contribution in [0.2, 0.25) is 5.02 Å². The van der Waals surface area contributed by atoms with Gasteiger partial charge in [-0.25, -0.2) is 4.39 Å². The quantitative estimate of drug-likeness (QED) is 0.861. The first-order valence-corrected chi connectivity index (χ1v) is 6.30. The highest BCUT2D eigenvalue weighted by Crippen LogP contribution is 2.29. The molecular formula is C14H10ClF4NO. The number of aliphatic hydroxyl groups is 1. The minimum Gasteiger partial charge on any atom is -0.386 e. The molecule has 1 aromatic carbocycles. The van der Waals surface area contributed by atoms with Crippen LogP contribution in [0.5, 0.6) is 0 Å². The Labute approximate surface area is 123 Å². The number of alkyl halides is 3. The summed E-state index contributed by atoms with van der Waals surface area (Å²) in [5, 5.41) is 10.1. The fraction of sp³-hybridized carbons (Fsp3) is 0.214. The third kappa shape index (κ3) is 3.92. The predicted molar refractivity (Wildman–Crippen MR) is 69.3 cm³/mol. The number of rotatable bonds is 3. The molecule has 0 saturated carbocycles. The van der Waals surface area contributed by atoms with Gasteiger partial charge in [0.2, 0.25) is 0 Å². The van der Waals surface area contributed by atoms with E-state index >= 15 is 0 Å². The van der Waals surface area contributed by atoms with Crippen molar-refractivity contribution in [2.75, 3.05) is 0 Å². The van der Waals surface area contributed by atoms with Crippen molar-refractivity contribution in [3.8, 4) is 0 Å². The Morgan fingerprint density at radius 2 is 1.90 bits per heavy atom. The van der Waals surface area contributed by atoms with E-state index in [1.54, 1.807) is 0 Å². The van der Waals surface area contributed by atoms with Crippen molar-refractivity contribution in [1.29, 1.82) is 0 Å². The zero-order chi connectivity index (χ0) is 15.6. The maximum absolute atomic E-state index is 13.6. The number of hydrogen-bond acceptors (Lipinski definition) is 2. The Bertz CT molecular complexity index is 628. The van der Waals surface area contributed by atoms with Gasteiger partial charge in [0, 0.05) is 17.6 Å². The van der Waals surface area contributed by atoms with Gasteiger partial charge in [0.1, 0.15) is 11.9 Å². The monoisotopic (exact) mass is 319 g/mol. The number of halogens is 5. The predicted octanol–water partition coefficient (Wildman–Crippen LogP) is 4.17.